The largest absolute Gasteiger partial charge is 0.507 e. The molecule has 2 aliphatic heterocycles. The van der Waals surface area contributed by atoms with E-state index >= 15 is 0 Å². The van der Waals surface area contributed by atoms with Crippen molar-refractivity contribution in [1.29, 1.82) is 0 Å². The Bertz CT molecular complexity index is 1130. The van der Waals surface area contributed by atoms with Crippen molar-refractivity contribution in [1.82, 2.24) is 14.8 Å². The van der Waals surface area contributed by atoms with Crippen molar-refractivity contribution >= 4 is 17.4 Å². The van der Waals surface area contributed by atoms with Gasteiger partial charge in [-0.15, -0.1) is 0 Å². The van der Waals surface area contributed by atoms with Gasteiger partial charge in [0.05, 0.1) is 38.0 Å². The maximum Gasteiger partial charge on any atom is 0.295 e. The van der Waals surface area contributed by atoms with Gasteiger partial charge < -0.3 is 24.2 Å². The van der Waals surface area contributed by atoms with E-state index in [-0.39, 0.29) is 11.3 Å². The molecule has 9 nitrogen and oxygen atoms in total. The molecule has 2 fully saturated rings. The number of pyridine rings is 1. The zero-order valence-corrected chi connectivity index (χ0v) is 22.2. The fraction of sp³-hybridized carbons (Fsp3) is 0.483. The van der Waals surface area contributed by atoms with Gasteiger partial charge in [0.15, 0.2) is 11.5 Å². The molecular formula is C29H37N3O6. The molecule has 1 unspecified atom stereocenters. The molecule has 0 radical (unpaired) electrons. The van der Waals surface area contributed by atoms with Crippen molar-refractivity contribution in [2.75, 3.05) is 52.6 Å². The number of amides is 1. The summed E-state index contributed by atoms with van der Waals surface area (Å²) in [6.07, 6.45) is 5.70. The summed E-state index contributed by atoms with van der Waals surface area (Å²) in [6.45, 7) is 9.25. The van der Waals surface area contributed by atoms with Crippen LogP contribution >= 0.6 is 0 Å². The normalized spacial score (nSPS) is 19.6. The Labute approximate surface area is 224 Å². The molecule has 1 aromatic carbocycles. The number of nitrogens with zero attached hydrogens (tertiary/aromatic N) is 3. The van der Waals surface area contributed by atoms with Crippen LogP contribution in [-0.2, 0) is 14.3 Å². The summed E-state index contributed by atoms with van der Waals surface area (Å²) in [6, 6.07) is 7.96. The van der Waals surface area contributed by atoms with Gasteiger partial charge in [0.25, 0.3) is 11.7 Å². The predicted octanol–water partition coefficient (Wildman–Crippen LogP) is 3.80. The molecule has 1 atom stereocenters. The van der Waals surface area contributed by atoms with E-state index in [1.54, 1.807) is 17.0 Å². The van der Waals surface area contributed by atoms with Gasteiger partial charge in [0, 0.05) is 44.1 Å². The summed E-state index contributed by atoms with van der Waals surface area (Å²) in [4.78, 5) is 34.5. The summed E-state index contributed by atoms with van der Waals surface area (Å²) >= 11 is 0. The van der Waals surface area contributed by atoms with E-state index in [1.807, 2.05) is 25.1 Å². The third kappa shape index (κ3) is 6.34. The first-order chi connectivity index (χ1) is 18.5. The molecule has 0 saturated carbocycles. The molecule has 2 saturated heterocycles. The third-order valence-corrected chi connectivity index (χ3v) is 6.81. The van der Waals surface area contributed by atoms with Crippen molar-refractivity contribution in [2.45, 2.75) is 39.2 Å². The van der Waals surface area contributed by atoms with Crippen molar-refractivity contribution in [2.24, 2.45) is 0 Å². The van der Waals surface area contributed by atoms with Gasteiger partial charge in [-0.3, -0.25) is 19.5 Å². The molecule has 3 heterocycles. The molecule has 2 aromatic rings. The van der Waals surface area contributed by atoms with Crippen LogP contribution in [0.15, 0.2) is 48.3 Å². The van der Waals surface area contributed by atoms with Crippen LogP contribution in [0.1, 0.15) is 50.3 Å². The molecule has 0 spiro atoms. The molecular weight excluding hydrogens is 486 g/mol. The summed E-state index contributed by atoms with van der Waals surface area (Å²) in [5.41, 5.74) is 1.17. The number of ketones is 1. The van der Waals surface area contributed by atoms with Crippen molar-refractivity contribution < 1.29 is 28.9 Å². The number of Topliss-reactive ketones (excluding diaryl/α,β-unsaturated/α-hetero) is 1. The summed E-state index contributed by atoms with van der Waals surface area (Å²) in [5.74, 6) is -0.371. The molecule has 4 rings (SSSR count). The summed E-state index contributed by atoms with van der Waals surface area (Å²) in [5, 5.41) is 11.2. The molecule has 1 N–H and O–H groups in total. The average molecular weight is 524 g/mol. The number of benzene rings is 1. The van der Waals surface area contributed by atoms with Crippen molar-refractivity contribution in [3.63, 3.8) is 0 Å². The maximum atomic E-state index is 13.3. The van der Waals surface area contributed by atoms with E-state index in [4.69, 9.17) is 14.2 Å². The van der Waals surface area contributed by atoms with Gasteiger partial charge in [0.1, 0.15) is 5.76 Å². The van der Waals surface area contributed by atoms with E-state index in [2.05, 4.69) is 16.8 Å². The molecule has 0 aliphatic carbocycles. The number of rotatable bonds is 12. The highest BCUT2D eigenvalue weighted by molar-refractivity contribution is 6.46. The maximum absolute atomic E-state index is 13.3. The second-order valence-corrected chi connectivity index (χ2v) is 9.38. The molecule has 204 valence electrons. The monoisotopic (exact) mass is 523 g/mol. The smallest absolute Gasteiger partial charge is 0.295 e. The number of morpholine rings is 1. The lowest BCUT2D eigenvalue weighted by atomic mass is 9.95. The van der Waals surface area contributed by atoms with Crippen LogP contribution in [0.2, 0.25) is 0 Å². The lowest BCUT2D eigenvalue weighted by Crippen LogP contribution is -2.39. The molecule has 38 heavy (non-hydrogen) atoms. The van der Waals surface area contributed by atoms with Gasteiger partial charge in [-0.2, -0.15) is 0 Å². The fourth-order valence-electron chi connectivity index (χ4n) is 4.82. The highest BCUT2D eigenvalue weighted by Crippen LogP contribution is 2.42. The zero-order valence-electron chi connectivity index (χ0n) is 22.2. The number of carbonyl (C=O) groups is 2. The van der Waals surface area contributed by atoms with Crippen LogP contribution in [0, 0.1) is 0 Å². The number of unbranched alkanes of at least 4 members (excludes halogenated alkanes) is 1. The first kappa shape index (κ1) is 27.6. The standard InChI is InChI=1S/C29H37N3O6/c1-3-5-17-38-23-8-7-22(20-24(23)37-4-2)26-25(27(33)21-9-11-30-12-10-21)28(34)29(35)32(26)14-6-13-31-15-18-36-19-16-31/h7-12,20,26,33H,3-6,13-19H2,1-2H3. The zero-order chi connectivity index (χ0) is 26.9. The molecule has 0 bridgehead atoms. The van der Waals surface area contributed by atoms with Crippen molar-refractivity contribution in [3.8, 4) is 11.5 Å². The number of likely N-dealkylation sites (tertiary alicyclic amines) is 1. The van der Waals surface area contributed by atoms with Crippen LogP contribution < -0.4 is 9.47 Å². The predicted molar refractivity (Wildman–Crippen MR) is 143 cm³/mol. The fourth-order valence-corrected chi connectivity index (χ4v) is 4.82. The lowest BCUT2D eigenvalue weighted by Gasteiger charge is -2.29. The first-order valence-electron chi connectivity index (χ1n) is 13.4. The van der Waals surface area contributed by atoms with E-state index in [0.717, 1.165) is 32.5 Å². The number of aromatic nitrogens is 1. The van der Waals surface area contributed by atoms with Crippen LogP contribution in [0.3, 0.4) is 0 Å². The molecule has 1 aromatic heterocycles. The highest BCUT2D eigenvalue weighted by atomic mass is 16.5. The van der Waals surface area contributed by atoms with E-state index in [9.17, 15) is 14.7 Å². The first-order valence-corrected chi connectivity index (χ1v) is 13.4. The minimum Gasteiger partial charge on any atom is -0.507 e. The van der Waals surface area contributed by atoms with E-state index in [0.29, 0.717) is 62.0 Å². The van der Waals surface area contributed by atoms with Crippen LogP contribution in [0.5, 0.6) is 11.5 Å². The molecule has 9 heteroatoms. The quantitative estimate of drug-likeness (QED) is 0.194. The average Bonchev–Trinajstić information content (AvgIpc) is 3.20. The number of ether oxygens (including phenoxy) is 3. The van der Waals surface area contributed by atoms with Crippen LogP contribution in [0.4, 0.5) is 0 Å². The second-order valence-electron chi connectivity index (χ2n) is 9.38. The lowest BCUT2D eigenvalue weighted by molar-refractivity contribution is -0.140. The Balaban J connectivity index is 1.69. The van der Waals surface area contributed by atoms with Gasteiger partial charge in [-0.05, 0) is 49.6 Å². The van der Waals surface area contributed by atoms with Crippen LogP contribution in [0.25, 0.3) is 5.76 Å². The van der Waals surface area contributed by atoms with Gasteiger partial charge >= 0.3 is 0 Å². The highest BCUT2D eigenvalue weighted by Gasteiger charge is 2.46. The summed E-state index contributed by atoms with van der Waals surface area (Å²) in [7, 11) is 0. The Morgan fingerprint density at radius 2 is 1.79 bits per heavy atom. The topological polar surface area (TPSA) is 101 Å². The van der Waals surface area contributed by atoms with Crippen molar-refractivity contribution in [3.05, 3.63) is 59.4 Å². The Morgan fingerprint density at radius 3 is 2.50 bits per heavy atom. The number of aliphatic hydroxyl groups is 1. The van der Waals surface area contributed by atoms with Gasteiger partial charge in [-0.25, -0.2) is 0 Å². The Hall–Kier alpha value is -3.43. The minimum atomic E-state index is -0.753. The third-order valence-electron chi connectivity index (χ3n) is 6.81. The SMILES string of the molecule is CCCCOc1ccc(C2C(=C(O)c3ccncc3)C(=O)C(=O)N2CCCN2CCOCC2)cc1OCC. The van der Waals surface area contributed by atoms with E-state index < -0.39 is 17.7 Å². The van der Waals surface area contributed by atoms with Crippen LogP contribution in [-0.4, -0.2) is 84.2 Å². The van der Waals surface area contributed by atoms with Gasteiger partial charge in [0.2, 0.25) is 0 Å². The number of carbonyl (C=O) groups excluding carboxylic acids is 2. The Kier molecular flexibility index (Phi) is 9.73. The van der Waals surface area contributed by atoms with Gasteiger partial charge in [-0.1, -0.05) is 19.4 Å². The number of aliphatic hydroxyl groups excluding tert-OH is 1. The summed E-state index contributed by atoms with van der Waals surface area (Å²) < 4.78 is 17.2. The number of hydrogen-bond donors (Lipinski definition) is 1. The Morgan fingerprint density at radius 1 is 1.03 bits per heavy atom. The second kappa shape index (κ2) is 13.4. The van der Waals surface area contributed by atoms with E-state index in [1.165, 1.54) is 12.4 Å². The number of hydrogen-bond acceptors (Lipinski definition) is 8. The molecule has 1 amide bonds. The minimum absolute atomic E-state index is 0.0645. The molecule has 2 aliphatic rings.